The molecule has 0 saturated carbocycles. The SMILES string of the molecule is CC(=O)O[C@@H]1[C@@H](OC(C)=O)[C@@H](O)O[C@H](CO[C@@H]2O[C@H](COCc3ccccc3)[C@@H](OCc3ccccc3)[C@@H]2OCc2ccccc2)[C@H]1OC(C)=O. The van der Waals surface area contributed by atoms with E-state index in [0.717, 1.165) is 37.5 Å². The van der Waals surface area contributed by atoms with Gasteiger partial charge in [-0.2, -0.15) is 0 Å². The van der Waals surface area contributed by atoms with Crippen LogP contribution in [0.25, 0.3) is 0 Å². The molecule has 2 heterocycles. The third-order valence-corrected chi connectivity index (χ3v) is 8.17. The summed E-state index contributed by atoms with van der Waals surface area (Å²) in [5.41, 5.74) is 2.84. The maximum Gasteiger partial charge on any atom is 0.303 e. The lowest BCUT2D eigenvalue weighted by Crippen LogP contribution is -2.62. The van der Waals surface area contributed by atoms with E-state index in [1.165, 1.54) is 0 Å². The van der Waals surface area contributed by atoms with Crippen molar-refractivity contribution < 1.29 is 62.1 Å². The molecule has 2 saturated heterocycles. The number of carbonyl (C=O) groups is 3. The van der Waals surface area contributed by atoms with E-state index in [9.17, 15) is 19.5 Å². The molecule has 9 atom stereocenters. The highest BCUT2D eigenvalue weighted by Gasteiger charge is 2.53. The molecule has 0 bridgehead atoms. The highest BCUT2D eigenvalue weighted by atomic mass is 16.7. The van der Waals surface area contributed by atoms with Crippen molar-refractivity contribution >= 4 is 17.9 Å². The number of benzene rings is 3. The van der Waals surface area contributed by atoms with E-state index in [2.05, 4.69) is 0 Å². The summed E-state index contributed by atoms with van der Waals surface area (Å²) in [7, 11) is 0. The van der Waals surface area contributed by atoms with Crippen LogP contribution >= 0.6 is 0 Å². The van der Waals surface area contributed by atoms with Crippen molar-refractivity contribution in [2.75, 3.05) is 13.2 Å². The first-order valence-electron chi connectivity index (χ1n) is 16.7. The minimum Gasteiger partial charge on any atom is -0.456 e. The summed E-state index contributed by atoms with van der Waals surface area (Å²) >= 11 is 0. The Labute approximate surface area is 296 Å². The van der Waals surface area contributed by atoms with Crippen molar-refractivity contribution in [3.63, 3.8) is 0 Å². The number of aliphatic hydroxyl groups excluding tert-OH is 1. The smallest absolute Gasteiger partial charge is 0.303 e. The number of carbonyl (C=O) groups excluding carboxylic acids is 3. The van der Waals surface area contributed by atoms with Crippen LogP contribution in [0.2, 0.25) is 0 Å². The van der Waals surface area contributed by atoms with Crippen LogP contribution < -0.4 is 0 Å². The zero-order valence-corrected chi connectivity index (χ0v) is 28.7. The lowest BCUT2D eigenvalue weighted by Gasteiger charge is -2.43. The van der Waals surface area contributed by atoms with E-state index in [-0.39, 0.29) is 26.4 Å². The first kappa shape index (κ1) is 38.0. The van der Waals surface area contributed by atoms with Gasteiger partial charge in [-0.15, -0.1) is 0 Å². The van der Waals surface area contributed by atoms with Gasteiger partial charge in [0.05, 0.1) is 33.0 Å². The number of aliphatic hydroxyl groups is 1. The second-order valence-electron chi connectivity index (χ2n) is 12.2. The minimum absolute atomic E-state index is 0.146. The van der Waals surface area contributed by atoms with Crippen LogP contribution in [0.5, 0.6) is 0 Å². The fourth-order valence-corrected chi connectivity index (χ4v) is 5.93. The summed E-state index contributed by atoms with van der Waals surface area (Å²) in [4.78, 5) is 36.1. The van der Waals surface area contributed by atoms with Gasteiger partial charge in [0.15, 0.2) is 30.9 Å². The standard InChI is InChI=1S/C38H44O13/c1-24(39)47-33-31(50-37(42)35(49-26(3)41)34(33)48-25(2)40)23-46-38-36(45-21-29-17-11-6-12-18-29)32(44-20-28-15-9-5-10-16-28)30(51-38)22-43-19-27-13-7-4-8-14-27/h4-18,30-38,42H,19-23H2,1-3H3/t30-,31-,32-,33-,34+,35-,36+,37+,38-/m1/s1. The Morgan fingerprint density at radius 3 is 1.51 bits per heavy atom. The fraction of sp³-hybridized carbons (Fsp3) is 0.447. The largest absolute Gasteiger partial charge is 0.456 e. The van der Waals surface area contributed by atoms with Gasteiger partial charge in [0.1, 0.15) is 24.4 Å². The van der Waals surface area contributed by atoms with Gasteiger partial charge >= 0.3 is 17.9 Å². The molecule has 274 valence electrons. The Hall–Kier alpha value is -4.21. The normalized spacial score (nSPS) is 27.4. The molecule has 0 unspecified atom stereocenters. The maximum absolute atomic E-state index is 12.2. The predicted molar refractivity (Wildman–Crippen MR) is 178 cm³/mol. The maximum atomic E-state index is 12.2. The molecule has 13 nitrogen and oxygen atoms in total. The van der Waals surface area contributed by atoms with E-state index in [1.807, 2.05) is 91.0 Å². The van der Waals surface area contributed by atoms with Crippen molar-refractivity contribution in [3.8, 4) is 0 Å². The Kier molecular flexibility index (Phi) is 14.1. The molecule has 0 radical (unpaired) electrons. The summed E-state index contributed by atoms with van der Waals surface area (Å²) in [6.07, 6.45) is -10.2. The molecule has 3 aromatic rings. The van der Waals surface area contributed by atoms with Gasteiger partial charge in [0.25, 0.3) is 0 Å². The van der Waals surface area contributed by atoms with Gasteiger partial charge in [0, 0.05) is 20.8 Å². The molecule has 5 rings (SSSR count). The lowest BCUT2D eigenvalue weighted by atomic mass is 9.98. The average Bonchev–Trinajstić information content (AvgIpc) is 3.44. The fourth-order valence-electron chi connectivity index (χ4n) is 5.93. The van der Waals surface area contributed by atoms with Gasteiger partial charge < -0.3 is 47.7 Å². The molecule has 2 fully saturated rings. The zero-order valence-electron chi connectivity index (χ0n) is 28.7. The van der Waals surface area contributed by atoms with Crippen molar-refractivity contribution in [3.05, 3.63) is 108 Å². The van der Waals surface area contributed by atoms with Crippen molar-refractivity contribution in [1.29, 1.82) is 0 Å². The topological polar surface area (TPSA) is 155 Å². The minimum atomic E-state index is -1.74. The van der Waals surface area contributed by atoms with E-state index in [1.54, 1.807) is 0 Å². The van der Waals surface area contributed by atoms with Crippen molar-refractivity contribution in [2.45, 2.75) is 95.9 Å². The highest BCUT2D eigenvalue weighted by molar-refractivity contribution is 5.68. The molecule has 0 amide bonds. The molecular weight excluding hydrogens is 664 g/mol. The Morgan fingerprint density at radius 2 is 0.980 bits per heavy atom. The van der Waals surface area contributed by atoms with Crippen LogP contribution in [0.15, 0.2) is 91.0 Å². The summed E-state index contributed by atoms with van der Waals surface area (Å²) in [6, 6.07) is 29.0. The Morgan fingerprint density at radius 1 is 0.529 bits per heavy atom. The Bertz CT molecular complexity index is 1520. The molecule has 0 spiro atoms. The zero-order chi connectivity index (χ0) is 36.2. The second-order valence-corrected chi connectivity index (χ2v) is 12.2. The highest BCUT2D eigenvalue weighted by Crippen LogP contribution is 2.33. The molecule has 51 heavy (non-hydrogen) atoms. The third kappa shape index (κ3) is 11.1. The second kappa shape index (κ2) is 18.9. The first-order chi connectivity index (χ1) is 24.7. The van der Waals surface area contributed by atoms with Crippen LogP contribution in [0.4, 0.5) is 0 Å². The summed E-state index contributed by atoms with van der Waals surface area (Å²) < 4.78 is 53.6. The number of ether oxygens (including phenoxy) is 9. The van der Waals surface area contributed by atoms with Crippen LogP contribution in [0, 0.1) is 0 Å². The lowest BCUT2D eigenvalue weighted by molar-refractivity contribution is -0.305. The average molecular weight is 709 g/mol. The third-order valence-electron chi connectivity index (χ3n) is 8.17. The van der Waals surface area contributed by atoms with E-state index < -0.39 is 73.2 Å². The van der Waals surface area contributed by atoms with Gasteiger partial charge in [-0.05, 0) is 16.7 Å². The first-order valence-corrected chi connectivity index (χ1v) is 16.7. The molecular formula is C38H44O13. The molecule has 0 aromatic heterocycles. The van der Waals surface area contributed by atoms with Gasteiger partial charge in [-0.25, -0.2) is 0 Å². The number of hydrogen-bond donors (Lipinski definition) is 1. The van der Waals surface area contributed by atoms with Gasteiger partial charge in [-0.1, -0.05) is 91.0 Å². The monoisotopic (exact) mass is 708 g/mol. The van der Waals surface area contributed by atoms with Crippen LogP contribution in [-0.4, -0.2) is 91.5 Å². The Balaban J connectivity index is 1.38. The van der Waals surface area contributed by atoms with Crippen molar-refractivity contribution in [1.82, 2.24) is 0 Å². The van der Waals surface area contributed by atoms with E-state index >= 15 is 0 Å². The quantitative estimate of drug-likeness (QED) is 0.170. The van der Waals surface area contributed by atoms with Crippen LogP contribution in [0.1, 0.15) is 37.5 Å². The summed E-state index contributed by atoms with van der Waals surface area (Å²) in [5.74, 6) is -2.25. The number of hydrogen-bond acceptors (Lipinski definition) is 13. The summed E-state index contributed by atoms with van der Waals surface area (Å²) in [5, 5.41) is 10.9. The molecule has 1 N–H and O–H groups in total. The molecule has 13 heteroatoms. The van der Waals surface area contributed by atoms with Crippen molar-refractivity contribution in [2.24, 2.45) is 0 Å². The molecule has 0 aliphatic carbocycles. The van der Waals surface area contributed by atoms with Gasteiger partial charge in [0.2, 0.25) is 0 Å². The summed E-state index contributed by atoms with van der Waals surface area (Å²) in [6.45, 7) is 4.06. The van der Waals surface area contributed by atoms with E-state index in [0.29, 0.717) is 6.61 Å². The van der Waals surface area contributed by atoms with Crippen LogP contribution in [-0.2, 0) is 76.8 Å². The molecule has 2 aliphatic rings. The van der Waals surface area contributed by atoms with Crippen LogP contribution in [0.3, 0.4) is 0 Å². The predicted octanol–water partition coefficient (Wildman–Crippen LogP) is 3.63. The van der Waals surface area contributed by atoms with E-state index in [4.69, 9.17) is 42.6 Å². The number of esters is 3. The molecule has 3 aromatic carbocycles. The molecule has 2 aliphatic heterocycles. The number of rotatable bonds is 16. The van der Waals surface area contributed by atoms with Gasteiger partial charge in [-0.3, -0.25) is 14.4 Å².